The second-order valence-electron chi connectivity index (χ2n) is 5.30. The lowest BCUT2D eigenvalue weighted by Gasteiger charge is -2.26. The molecule has 0 spiro atoms. The molecule has 0 radical (unpaired) electrons. The highest BCUT2D eigenvalue weighted by Crippen LogP contribution is 2.18. The number of hydrogen-bond donors (Lipinski definition) is 1. The van der Waals surface area contributed by atoms with E-state index in [1.807, 2.05) is 50.2 Å². The fourth-order valence-electron chi connectivity index (χ4n) is 2.30. The summed E-state index contributed by atoms with van der Waals surface area (Å²) in [6, 6.07) is 13.4. The molecule has 0 fully saturated rings. The molecule has 2 aromatic carbocycles. The number of carboxylic acid groups (broad SMARTS) is 1. The second-order valence-corrected chi connectivity index (χ2v) is 5.30. The zero-order valence-corrected chi connectivity index (χ0v) is 12.2. The molecule has 4 nitrogen and oxygen atoms in total. The number of carbonyl (C=O) groups excluding carboxylic acids is 1. The second kappa shape index (κ2) is 6.39. The Kier molecular flexibility index (Phi) is 4.58. The molecule has 1 amide bonds. The predicted molar refractivity (Wildman–Crippen MR) is 82.4 cm³/mol. The molecule has 0 saturated carbocycles. The van der Waals surface area contributed by atoms with E-state index in [0.29, 0.717) is 5.56 Å². The summed E-state index contributed by atoms with van der Waals surface area (Å²) in [5.74, 6) is -1.02. The van der Waals surface area contributed by atoms with Crippen molar-refractivity contribution in [3.63, 3.8) is 0 Å². The van der Waals surface area contributed by atoms with Crippen molar-refractivity contribution in [3.05, 3.63) is 48.0 Å². The van der Waals surface area contributed by atoms with Gasteiger partial charge in [-0.05, 0) is 36.8 Å². The Morgan fingerprint density at radius 3 is 2.38 bits per heavy atom. The third-order valence-corrected chi connectivity index (χ3v) is 3.45. The van der Waals surface area contributed by atoms with Crippen molar-refractivity contribution in [3.8, 4) is 0 Å². The van der Waals surface area contributed by atoms with Crippen molar-refractivity contribution < 1.29 is 14.7 Å². The van der Waals surface area contributed by atoms with Gasteiger partial charge < -0.3 is 10.0 Å². The van der Waals surface area contributed by atoms with E-state index in [2.05, 4.69) is 0 Å². The lowest BCUT2D eigenvalue weighted by Crippen LogP contribution is -2.38. The van der Waals surface area contributed by atoms with Crippen LogP contribution in [0.25, 0.3) is 10.8 Å². The van der Waals surface area contributed by atoms with Gasteiger partial charge in [-0.15, -0.1) is 0 Å². The van der Waals surface area contributed by atoms with E-state index in [-0.39, 0.29) is 24.9 Å². The van der Waals surface area contributed by atoms with E-state index in [9.17, 15) is 9.59 Å². The van der Waals surface area contributed by atoms with Gasteiger partial charge in [0, 0.05) is 18.2 Å². The van der Waals surface area contributed by atoms with Gasteiger partial charge >= 0.3 is 5.97 Å². The van der Waals surface area contributed by atoms with Crippen LogP contribution in [0, 0.1) is 0 Å². The number of hydrogen-bond acceptors (Lipinski definition) is 2. The van der Waals surface area contributed by atoms with Crippen LogP contribution in [0.3, 0.4) is 0 Å². The summed E-state index contributed by atoms with van der Waals surface area (Å²) in [7, 11) is 0. The molecular formula is C17H19NO3. The molecule has 110 valence electrons. The average molecular weight is 285 g/mol. The number of amides is 1. The molecule has 0 aromatic heterocycles. The molecule has 0 atom stereocenters. The number of carboxylic acids is 1. The van der Waals surface area contributed by atoms with Gasteiger partial charge in [0.1, 0.15) is 0 Å². The van der Waals surface area contributed by atoms with Crippen LogP contribution in [-0.2, 0) is 4.79 Å². The van der Waals surface area contributed by atoms with Crippen molar-refractivity contribution in [1.29, 1.82) is 0 Å². The zero-order valence-electron chi connectivity index (χ0n) is 12.2. The molecule has 0 bridgehead atoms. The number of benzene rings is 2. The van der Waals surface area contributed by atoms with Crippen LogP contribution in [0.2, 0.25) is 0 Å². The maximum absolute atomic E-state index is 12.6. The number of rotatable bonds is 5. The van der Waals surface area contributed by atoms with Gasteiger partial charge in [0.15, 0.2) is 0 Å². The summed E-state index contributed by atoms with van der Waals surface area (Å²) in [6.07, 6.45) is -0.0441. The van der Waals surface area contributed by atoms with Crippen LogP contribution in [0.4, 0.5) is 0 Å². The molecule has 1 N–H and O–H groups in total. The van der Waals surface area contributed by atoms with Gasteiger partial charge in [-0.2, -0.15) is 0 Å². The minimum absolute atomic E-state index is 0.0386. The quantitative estimate of drug-likeness (QED) is 0.918. The summed E-state index contributed by atoms with van der Waals surface area (Å²) < 4.78 is 0. The summed E-state index contributed by atoms with van der Waals surface area (Å²) >= 11 is 0. The SMILES string of the molecule is CC(C)N(CCC(=O)O)C(=O)c1ccc2ccccc2c1. The van der Waals surface area contributed by atoms with E-state index >= 15 is 0 Å². The van der Waals surface area contributed by atoms with Crippen molar-refractivity contribution in [1.82, 2.24) is 4.90 Å². The first kappa shape index (κ1) is 15.0. The minimum atomic E-state index is -0.896. The highest BCUT2D eigenvalue weighted by atomic mass is 16.4. The first-order chi connectivity index (χ1) is 9.99. The van der Waals surface area contributed by atoms with E-state index in [1.54, 1.807) is 11.0 Å². The molecule has 0 aliphatic heterocycles. The molecule has 21 heavy (non-hydrogen) atoms. The maximum atomic E-state index is 12.6. The van der Waals surface area contributed by atoms with E-state index in [4.69, 9.17) is 5.11 Å². The number of aliphatic carboxylic acids is 1. The van der Waals surface area contributed by atoms with Crippen LogP contribution >= 0.6 is 0 Å². The fourth-order valence-corrected chi connectivity index (χ4v) is 2.30. The van der Waals surface area contributed by atoms with Crippen molar-refractivity contribution in [2.45, 2.75) is 26.3 Å². The average Bonchev–Trinajstić information content (AvgIpc) is 2.46. The van der Waals surface area contributed by atoms with Gasteiger partial charge in [-0.3, -0.25) is 9.59 Å². The van der Waals surface area contributed by atoms with E-state index in [0.717, 1.165) is 10.8 Å². The third-order valence-electron chi connectivity index (χ3n) is 3.45. The van der Waals surface area contributed by atoms with Gasteiger partial charge in [-0.1, -0.05) is 30.3 Å². The normalized spacial score (nSPS) is 10.8. The molecular weight excluding hydrogens is 266 g/mol. The monoisotopic (exact) mass is 285 g/mol. The summed E-state index contributed by atoms with van der Waals surface area (Å²) in [6.45, 7) is 4.00. The summed E-state index contributed by atoms with van der Waals surface area (Å²) in [4.78, 5) is 24.9. The first-order valence-corrected chi connectivity index (χ1v) is 7.00. The summed E-state index contributed by atoms with van der Waals surface area (Å²) in [5.41, 5.74) is 0.591. The highest BCUT2D eigenvalue weighted by molar-refractivity contribution is 5.98. The minimum Gasteiger partial charge on any atom is -0.481 e. The Morgan fingerprint density at radius 1 is 1.10 bits per heavy atom. The smallest absolute Gasteiger partial charge is 0.305 e. The highest BCUT2D eigenvalue weighted by Gasteiger charge is 2.19. The van der Waals surface area contributed by atoms with Crippen LogP contribution < -0.4 is 0 Å². The van der Waals surface area contributed by atoms with Crippen molar-refractivity contribution >= 4 is 22.6 Å². The van der Waals surface area contributed by atoms with Gasteiger partial charge in [0.2, 0.25) is 0 Å². The van der Waals surface area contributed by atoms with Gasteiger partial charge in [-0.25, -0.2) is 0 Å². The molecule has 2 aromatic rings. The van der Waals surface area contributed by atoms with Crippen LogP contribution in [-0.4, -0.2) is 34.5 Å². The molecule has 0 aliphatic carbocycles. The zero-order chi connectivity index (χ0) is 15.4. The third kappa shape index (κ3) is 3.60. The van der Waals surface area contributed by atoms with Gasteiger partial charge in [0.05, 0.1) is 6.42 Å². The molecule has 4 heteroatoms. The molecule has 0 aliphatic rings. The van der Waals surface area contributed by atoms with Gasteiger partial charge in [0.25, 0.3) is 5.91 Å². The predicted octanol–water partition coefficient (Wildman–Crippen LogP) is 3.17. The van der Waals surface area contributed by atoms with Crippen LogP contribution in [0.1, 0.15) is 30.6 Å². The molecule has 0 unspecified atom stereocenters. The lowest BCUT2D eigenvalue weighted by molar-refractivity contribution is -0.137. The Bertz CT molecular complexity index is 664. The maximum Gasteiger partial charge on any atom is 0.305 e. The van der Waals surface area contributed by atoms with Crippen molar-refractivity contribution in [2.75, 3.05) is 6.54 Å². The largest absolute Gasteiger partial charge is 0.481 e. The molecule has 2 rings (SSSR count). The van der Waals surface area contributed by atoms with Crippen LogP contribution in [0.15, 0.2) is 42.5 Å². The Morgan fingerprint density at radius 2 is 1.76 bits per heavy atom. The summed E-state index contributed by atoms with van der Waals surface area (Å²) in [5, 5.41) is 10.9. The topological polar surface area (TPSA) is 57.6 Å². The van der Waals surface area contributed by atoms with E-state index < -0.39 is 5.97 Å². The van der Waals surface area contributed by atoms with Crippen molar-refractivity contribution in [2.24, 2.45) is 0 Å². The lowest BCUT2D eigenvalue weighted by atomic mass is 10.1. The van der Waals surface area contributed by atoms with E-state index in [1.165, 1.54) is 0 Å². The Hall–Kier alpha value is -2.36. The Labute approximate surface area is 124 Å². The fraction of sp³-hybridized carbons (Fsp3) is 0.294. The number of carbonyl (C=O) groups is 2. The number of fused-ring (bicyclic) bond motifs is 1. The molecule has 0 saturated heterocycles. The first-order valence-electron chi connectivity index (χ1n) is 7.00. The standard InChI is InChI=1S/C17H19NO3/c1-12(2)18(10-9-16(19)20)17(21)15-8-7-13-5-3-4-6-14(13)11-15/h3-8,11-12H,9-10H2,1-2H3,(H,19,20). The number of nitrogens with zero attached hydrogens (tertiary/aromatic N) is 1. The van der Waals surface area contributed by atoms with Crippen LogP contribution in [0.5, 0.6) is 0 Å². The molecule has 0 heterocycles. The Balaban J connectivity index is 2.27.